The molecule has 2 heterocycles. The third-order valence-corrected chi connectivity index (χ3v) is 4.79. The van der Waals surface area contributed by atoms with E-state index >= 15 is 0 Å². The van der Waals surface area contributed by atoms with Crippen molar-refractivity contribution in [1.82, 2.24) is 14.8 Å². The molecule has 0 spiro atoms. The molecule has 5 heteroatoms. The molecule has 0 radical (unpaired) electrons. The van der Waals surface area contributed by atoms with Gasteiger partial charge in [-0.1, -0.05) is 72.0 Å². The van der Waals surface area contributed by atoms with E-state index in [-0.39, 0.29) is 5.56 Å². The van der Waals surface area contributed by atoms with Gasteiger partial charge in [0.2, 0.25) is 5.13 Å². The van der Waals surface area contributed by atoms with Crippen LogP contribution >= 0.6 is 11.3 Å². The Labute approximate surface area is 143 Å². The Morgan fingerprint density at radius 3 is 2.25 bits per heavy atom. The molecule has 0 fully saturated rings. The first-order valence-electron chi connectivity index (χ1n) is 7.63. The van der Waals surface area contributed by atoms with Gasteiger partial charge >= 0.3 is 0 Å². The summed E-state index contributed by atoms with van der Waals surface area (Å²) in [6.45, 7) is 2.02. The predicted octanol–water partition coefficient (Wildman–Crippen LogP) is 4.26. The van der Waals surface area contributed by atoms with E-state index in [0.29, 0.717) is 5.13 Å². The lowest BCUT2D eigenvalue weighted by Crippen LogP contribution is -2.12. The van der Waals surface area contributed by atoms with E-state index < -0.39 is 0 Å². The van der Waals surface area contributed by atoms with Gasteiger partial charge in [-0.3, -0.25) is 9.89 Å². The number of H-pyrrole nitrogens is 1. The summed E-state index contributed by atoms with van der Waals surface area (Å²) in [5.74, 6) is 0. The highest BCUT2D eigenvalue weighted by atomic mass is 32.1. The molecule has 118 valence electrons. The van der Waals surface area contributed by atoms with Gasteiger partial charge in [0, 0.05) is 16.5 Å². The number of nitrogens with one attached hydrogen (secondary N) is 1. The first-order valence-corrected chi connectivity index (χ1v) is 8.45. The van der Waals surface area contributed by atoms with Gasteiger partial charge in [-0.15, -0.1) is 0 Å². The van der Waals surface area contributed by atoms with E-state index in [9.17, 15) is 4.79 Å². The van der Waals surface area contributed by atoms with Crippen molar-refractivity contribution in [1.29, 1.82) is 0 Å². The van der Waals surface area contributed by atoms with Crippen LogP contribution in [0.15, 0.2) is 71.5 Å². The summed E-state index contributed by atoms with van der Waals surface area (Å²) in [5.41, 5.74) is 3.63. The van der Waals surface area contributed by atoms with Crippen LogP contribution in [0.25, 0.3) is 27.6 Å². The fraction of sp³-hybridized carbons (Fsp3) is 0.0526. The van der Waals surface area contributed by atoms with Gasteiger partial charge in [-0.2, -0.15) is 4.68 Å². The highest BCUT2D eigenvalue weighted by Gasteiger charge is 2.14. The lowest BCUT2D eigenvalue weighted by molar-refractivity contribution is 0.843. The highest BCUT2D eigenvalue weighted by Crippen LogP contribution is 2.29. The van der Waals surface area contributed by atoms with Crippen molar-refractivity contribution in [2.24, 2.45) is 0 Å². The first kappa shape index (κ1) is 14.7. The normalized spacial score (nSPS) is 10.9. The van der Waals surface area contributed by atoms with Crippen LogP contribution in [0.1, 0.15) is 4.88 Å². The zero-order valence-corrected chi connectivity index (χ0v) is 13.9. The summed E-state index contributed by atoms with van der Waals surface area (Å²) in [7, 11) is 0. The molecule has 0 atom stereocenters. The Balaban J connectivity index is 1.78. The monoisotopic (exact) mass is 333 g/mol. The minimum atomic E-state index is -0.109. The van der Waals surface area contributed by atoms with Crippen molar-refractivity contribution >= 4 is 11.3 Å². The topological polar surface area (TPSA) is 50.7 Å². The summed E-state index contributed by atoms with van der Waals surface area (Å²) >= 11 is 1.51. The molecule has 0 aliphatic heterocycles. The molecule has 2 aromatic heterocycles. The van der Waals surface area contributed by atoms with Crippen LogP contribution in [-0.2, 0) is 0 Å². The molecule has 0 amide bonds. The number of thiazole rings is 1. The second-order valence-corrected chi connectivity index (χ2v) is 6.66. The standard InChI is InChI=1S/C19H15N3OS/c1-13-18(15-10-6-3-7-11-15)20-19(24-13)22-17(23)12-16(21-22)14-8-4-2-5-9-14/h2-12,21H,1H3. The second kappa shape index (κ2) is 5.94. The van der Waals surface area contributed by atoms with E-state index in [1.807, 2.05) is 67.6 Å². The lowest BCUT2D eigenvalue weighted by atomic mass is 10.1. The summed E-state index contributed by atoms with van der Waals surface area (Å²) in [4.78, 5) is 18.1. The number of aryl methyl sites for hydroxylation is 1. The van der Waals surface area contributed by atoms with Crippen molar-refractivity contribution in [2.75, 3.05) is 0 Å². The van der Waals surface area contributed by atoms with Crippen LogP contribution in [0.4, 0.5) is 0 Å². The fourth-order valence-corrected chi connectivity index (χ4v) is 3.54. The van der Waals surface area contributed by atoms with Crippen molar-refractivity contribution in [3.8, 4) is 27.6 Å². The van der Waals surface area contributed by atoms with E-state index in [0.717, 1.165) is 27.4 Å². The van der Waals surface area contributed by atoms with Crippen LogP contribution in [0.3, 0.4) is 0 Å². The average molecular weight is 333 g/mol. The van der Waals surface area contributed by atoms with E-state index in [4.69, 9.17) is 0 Å². The maximum atomic E-state index is 12.4. The molecule has 0 saturated carbocycles. The number of hydrogen-bond acceptors (Lipinski definition) is 3. The minimum Gasteiger partial charge on any atom is -0.288 e. The number of aromatic amines is 1. The quantitative estimate of drug-likeness (QED) is 0.609. The Morgan fingerprint density at radius 1 is 0.958 bits per heavy atom. The van der Waals surface area contributed by atoms with Gasteiger partial charge in [0.25, 0.3) is 5.56 Å². The van der Waals surface area contributed by atoms with Crippen LogP contribution in [0.5, 0.6) is 0 Å². The van der Waals surface area contributed by atoms with Gasteiger partial charge in [0.1, 0.15) is 0 Å². The molecule has 24 heavy (non-hydrogen) atoms. The Kier molecular flexibility index (Phi) is 3.63. The van der Waals surface area contributed by atoms with Gasteiger partial charge < -0.3 is 0 Å². The maximum absolute atomic E-state index is 12.4. The third-order valence-electron chi connectivity index (χ3n) is 3.83. The van der Waals surface area contributed by atoms with Crippen LogP contribution in [0, 0.1) is 6.92 Å². The zero-order chi connectivity index (χ0) is 16.5. The summed E-state index contributed by atoms with van der Waals surface area (Å²) in [6, 6.07) is 21.4. The number of rotatable bonds is 3. The van der Waals surface area contributed by atoms with Crippen LogP contribution < -0.4 is 5.56 Å². The van der Waals surface area contributed by atoms with Crippen LogP contribution in [-0.4, -0.2) is 14.8 Å². The molecule has 0 saturated heterocycles. The van der Waals surface area contributed by atoms with E-state index in [2.05, 4.69) is 10.1 Å². The molecule has 4 aromatic rings. The highest BCUT2D eigenvalue weighted by molar-refractivity contribution is 7.14. The Hall–Kier alpha value is -2.92. The molecule has 0 bridgehead atoms. The maximum Gasteiger partial charge on any atom is 0.273 e. The summed E-state index contributed by atoms with van der Waals surface area (Å²) < 4.78 is 1.51. The molecule has 0 aliphatic carbocycles. The largest absolute Gasteiger partial charge is 0.288 e. The predicted molar refractivity (Wildman–Crippen MR) is 97.7 cm³/mol. The van der Waals surface area contributed by atoms with Crippen LogP contribution in [0.2, 0.25) is 0 Å². The Bertz CT molecular complexity index is 1030. The Morgan fingerprint density at radius 2 is 1.58 bits per heavy atom. The minimum absolute atomic E-state index is 0.109. The molecule has 4 nitrogen and oxygen atoms in total. The van der Waals surface area contributed by atoms with Crippen molar-refractivity contribution < 1.29 is 0 Å². The smallest absolute Gasteiger partial charge is 0.273 e. The first-order chi connectivity index (χ1) is 11.7. The summed E-state index contributed by atoms with van der Waals surface area (Å²) in [5, 5.41) is 3.81. The number of nitrogens with zero attached hydrogens (tertiary/aromatic N) is 2. The molecular weight excluding hydrogens is 318 g/mol. The fourth-order valence-electron chi connectivity index (χ4n) is 2.65. The van der Waals surface area contributed by atoms with Gasteiger partial charge in [0.15, 0.2) is 0 Å². The number of aromatic nitrogens is 3. The number of hydrogen-bond donors (Lipinski definition) is 1. The lowest BCUT2D eigenvalue weighted by Gasteiger charge is -1.98. The molecule has 2 aromatic carbocycles. The SMILES string of the molecule is Cc1sc(-n2[nH]c(-c3ccccc3)cc2=O)nc1-c1ccccc1. The van der Waals surface area contributed by atoms with Crippen molar-refractivity contribution in [2.45, 2.75) is 6.92 Å². The van der Waals surface area contributed by atoms with E-state index in [1.165, 1.54) is 16.0 Å². The second-order valence-electron chi connectivity index (χ2n) is 5.48. The average Bonchev–Trinajstić information content (AvgIpc) is 3.19. The third kappa shape index (κ3) is 2.59. The van der Waals surface area contributed by atoms with Crippen molar-refractivity contribution in [3.05, 3.63) is 82.0 Å². The van der Waals surface area contributed by atoms with Gasteiger partial charge in [-0.25, -0.2) is 4.98 Å². The molecular formula is C19H15N3OS. The van der Waals surface area contributed by atoms with Gasteiger partial charge in [-0.05, 0) is 12.5 Å². The molecule has 0 aliphatic rings. The number of benzene rings is 2. The van der Waals surface area contributed by atoms with Gasteiger partial charge in [0.05, 0.1) is 11.4 Å². The zero-order valence-electron chi connectivity index (χ0n) is 13.1. The molecule has 0 unspecified atom stereocenters. The molecule has 1 N–H and O–H groups in total. The summed E-state index contributed by atoms with van der Waals surface area (Å²) in [6.07, 6.45) is 0. The van der Waals surface area contributed by atoms with E-state index in [1.54, 1.807) is 6.07 Å². The molecule has 4 rings (SSSR count). The van der Waals surface area contributed by atoms with Crippen molar-refractivity contribution in [3.63, 3.8) is 0 Å².